The molecule has 1 aromatic heterocycles. The zero-order valence-electron chi connectivity index (χ0n) is 9.77. The van der Waals surface area contributed by atoms with E-state index < -0.39 is 0 Å². The molecule has 0 saturated carbocycles. The average molecular weight is 215 g/mol. The number of benzene rings is 1. The molecular weight excluding hydrogens is 200 g/mol. The van der Waals surface area contributed by atoms with Gasteiger partial charge in [0.25, 0.3) is 0 Å². The van der Waals surface area contributed by atoms with E-state index in [9.17, 15) is 0 Å². The summed E-state index contributed by atoms with van der Waals surface area (Å²) in [6.07, 6.45) is 1.74. The quantitative estimate of drug-likeness (QED) is 0.787. The smallest absolute Gasteiger partial charge is 0.0813 e. The van der Waals surface area contributed by atoms with Gasteiger partial charge < -0.3 is 4.74 Å². The van der Waals surface area contributed by atoms with E-state index in [1.54, 1.807) is 13.3 Å². The van der Waals surface area contributed by atoms with Crippen LogP contribution < -0.4 is 0 Å². The zero-order chi connectivity index (χ0) is 11.5. The van der Waals surface area contributed by atoms with E-state index in [2.05, 4.69) is 17.2 Å². The van der Waals surface area contributed by atoms with Crippen LogP contribution in [0.2, 0.25) is 0 Å². The first kappa shape index (κ1) is 10.9. The summed E-state index contributed by atoms with van der Waals surface area (Å²) in [7, 11) is 1.71. The van der Waals surface area contributed by atoms with Crippen LogP contribution in [0.25, 0.3) is 5.69 Å². The summed E-state index contributed by atoms with van der Waals surface area (Å²) in [5.41, 5.74) is 3.18. The number of aryl methyl sites for hydroxylation is 1. The number of methoxy groups -OCH3 is 1. The Labute approximate surface area is 95.7 Å². The number of para-hydroxylation sites is 1. The van der Waals surface area contributed by atoms with Crippen molar-refractivity contribution >= 4 is 0 Å². The summed E-state index contributed by atoms with van der Waals surface area (Å²) < 4.78 is 7.24. The van der Waals surface area contributed by atoms with Crippen LogP contribution in [-0.2, 0) is 4.74 Å². The molecule has 0 spiro atoms. The van der Waals surface area contributed by atoms with Crippen molar-refractivity contribution in [1.29, 1.82) is 0 Å². The Balaban J connectivity index is 2.53. The van der Waals surface area contributed by atoms with Crippen molar-refractivity contribution in [2.45, 2.75) is 20.0 Å². The van der Waals surface area contributed by atoms with Gasteiger partial charge in [-0.15, -0.1) is 0 Å². The predicted molar refractivity (Wildman–Crippen MR) is 62.6 cm³/mol. The molecule has 0 saturated heterocycles. The molecule has 1 unspecified atom stereocenters. The Morgan fingerprint density at radius 3 is 2.75 bits per heavy atom. The summed E-state index contributed by atoms with van der Waals surface area (Å²) in [6, 6.07) is 11.2. The van der Waals surface area contributed by atoms with Crippen LogP contribution in [0.1, 0.15) is 24.3 Å². The van der Waals surface area contributed by atoms with E-state index in [1.165, 1.54) is 0 Å². The van der Waals surface area contributed by atoms with Crippen molar-refractivity contribution in [1.82, 2.24) is 9.78 Å². The van der Waals surface area contributed by atoms with Crippen LogP contribution in [-0.4, -0.2) is 16.9 Å². The van der Waals surface area contributed by atoms with Gasteiger partial charge in [0.05, 0.1) is 18.0 Å². The lowest BCUT2D eigenvalue weighted by atomic mass is 10.1. The maximum absolute atomic E-state index is 5.36. The summed E-state index contributed by atoms with van der Waals surface area (Å²) >= 11 is 0. The molecule has 1 heterocycles. The van der Waals surface area contributed by atoms with Gasteiger partial charge >= 0.3 is 0 Å². The Morgan fingerprint density at radius 2 is 2.12 bits per heavy atom. The topological polar surface area (TPSA) is 27.1 Å². The second kappa shape index (κ2) is 4.49. The summed E-state index contributed by atoms with van der Waals surface area (Å²) in [5, 5.41) is 4.27. The predicted octanol–water partition coefficient (Wildman–Crippen LogP) is 2.69. The minimum atomic E-state index is 0.0554. The molecule has 3 heteroatoms. The molecule has 16 heavy (non-hydrogen) atoms. The highest BCUT2D eigenvalue weighted by molar-refractivity contribution is 5.42. The third-order valence-electron chi connectivity index (χ3n) is 2.72. The number of hydrogen-bond donors (Lipinski definition) is 0. The molecule has 0 N–H and O–H groups in total. The Kier molecular flexibility index (Phi) is 3.06. The maximum Gasteiger partial charge on any atom is 0.0813 e. The minimum absolute atomic E-state index is 0.0554. The Bertz CT molecular complexity index is 476. The van der Waals surface area contributed by atoms with Crippen LogP contribution in [0.3, 0.4) is 0 Å². The molecule has 0 aliphatic carbocycles. The first-order valence-corrected chi connectivity index (χ1v) is 5.28. The van der Waals surface area contributed by atoms with E-state index in [0.717, 1.165) is 16.9 Å². The molecule has 0 bridgehead atoms. The van der Waals surface area contributed by atoms with E-state index in [4.69, 9.17) is 4.74 Å². The van der Waals surface area contributed by atoms with E-state index in [1.807, 2.05) is 36.7 Å². The first-order chi connectivity index (χ1) is 7.74. The van der Waals surface area contributed by atoms with E-state index in [-0.39, 0.29) is 6.10 Å². The number of aromatic nitrogens is 2. The molecule has 0 aliphatic rings. The largest absolute Gasteiger partial charge is 0.377 e. The fourth-order valence-corrected chi connectivity index (χ4v) is 1.72. The molecule has 1 radical (unpaired) electrons. The fraction of sp³-hybridized carbons (Fsp3) is 0.308. The van der Waals surface area contributed by atoms with Crippen LogP contribution in [0.5, 0.6) is 0 Å². The molecule has 83 valence electrons. The molecule has 1 aromatic carbocycles. The van der Waals surface area contributed by atoms with Crippen molar-refractivity contribution in [3.8, 4) is 5.69 Å². The summed E-state index contributed by atoms with van der Waals surface area (Å²) in [6.45, 7) is 4.02. The lowest BCUT2D eigenvalue weighted by Gasteiger charge is -2.15. The monoisotopic (exact) mass is 215 g/mol. The molecule has 3 nitrogen and oxygen atoms in total. The SMILES string of the molecule is COC(C)c1ccccc1-n1nc[c]c1C. The third-order valence-corrected chi connectivity index (χ3v) is 2.72. The van der Waals surface area contributed by atoms with Gasteiger partial charge in [-0.2, -0.15) is 5.10 Å². The molecule has 0 fully saturated rings. The fourth-order valence-electron chi connectivity index (χ4n) is 1.72. The highest BCUT2D eigenvalue weighted by atomic mass is 16.5. The first-order valence-electron chi connectivity index (χ1n) is 5.28. The van der Waals surface area contributed by atoms with Crippen LogP contribution in [0, 0.1) is 13.0 Å². The van der Waals surface area contributed by atoms with Crippen molar-refractivity contribution in [2.24, 2.45) is 0 Å². The second-order valence-corrected chi connectivity index (χ2v) is 3.72. The number of rotatable bonds is 3. The van der Waals surface area contributed by atoms with E-state index in [0.29, 0.717) is 0 Å². The van der Waals surface area contributed by atoms with Crippen molar-refractivity contribution in [3.05, 3.63) is 47.8 Å². The number of nitrogens with zero attached hydrogens (tertiary/aromatic N) is 2. The maximum atomic E-state index is 5.36. The highest BCUT2D eigenvalue weighted by Gasteiger charge is 2.12. The van der Waals surface area contributed by atoms with E-state index >= 15 is 0 Å². The molecule has 2 rings (SSSR count). The van der Waals surface area contributed by atoms with Gasteiger partial charge in [-0.3, -0.25) is 0 Å². The van der Waals surface area contributed by atoms with Crippen LogP contribution in [0.4, 0.5) is 0 Å². The van der Waals surface area contributed by atoms with Crippen molar-refractivity contribution < 1.29 is 4.74 Å². The zero-order valence-corrected chi connectivity index (χ0v) is 9.77. The molecule has 2 aromatic rings. The number of hydrogen-bond acceptors (Lipinski definition) is 2. The van der Waals surface area contributed by atoms with Gasteiger partial charge in [-0.05, 0) is 19.9 Å². The molecule has 0 amide bonds. The lowest BCUT2D eigenvalue weighted by molar-refractivity contribution is 0.119. The van der Waals surface area contributed by atoms with Crippen LogP contribution in [0.15, 0.2) is 30.5 Å². The highest BCUT2D eigenvalue weighted by Crippen LogP contribution is 2.23. The minimum Gasteiger partial charge on any atom is -0.377 e. The Morgan fingerprint density at radius 1 is 1.38 bits per heavy atom. The molecule has 1 atom stereocenters. The van der Waals surface area contributed by atoms with Gasteiger partial charge in [0, 0.05) is 24.4 Å². The second-order valence-electron chi connectivity index (χ2n) is 3.72. The number of ether oxygens (including phenoxy) is 1. The summed E-state index contributed by atoms with van der Waals surface area (Å²) in [4.78, 5) is 0. The third kappa shape index (κ3) is 1.86. The van der Waals surface area contributed by atoms with Gasteiger partial charge in [-0.1, -0.05) is 18.2 Å². The van der Waals surface area contributed by atoms with Gasteiger partial charge in [0.1, 0.15) is 0 Å². The molecule has 0 aliphatic heterocycles. The lowest BCUT2D eigenvalue weighted by Crippen LogP contribution is -2.06. The van der Waals surface area contributed by atoms with Gasteiger partial charge in [0.2, 0.25) is 0 Å². The van der Waals surface area contributed by atoms with Crippen LogP contribution >= 0.6 is 0 Å². The normalized spacial score (nSPS) is 12.7. The summed E-state index contributed by atoms with van der Waals surface area (Å²) in [5.74, 6) is 0. The average Bonchev–Trinajstić information content (AvgIpc) is 2.74. The standard InChI is InChI=1S/C13H15N2O/c1-10-8-9-14-15(10)13-7-5-4-6-12(13)11(2)16-3/h4-7,9,11H,1-3H3. The van der Waals surface area contributed by atoms with Gasteiger partial charge in [-0.25, -0.2) is 4.68 Å². The Hall–Kier alpha value is -1.61. The van der Waals surface area contributed by atoms with Crippen molar-refractivity contribution in [3.63, 3.8) is 0 Å². The molecular formula is C13H15N2O. The van der Waals surface area contributed by atoms with Crippen molar-refractivity contribution in [2.75, 3.05) is 7.11 Å². The van der Waals surface area contributed by atoms with Gasteiger partial charge in [0.15, 0.2) is 0 Å².